The largest absolute Gasteiger partial charge is 0.392 e. The van der Waals surface area contributed by atoms with Crippen molar-refractivity contribution in [3.63, 3.8) is 0 Å². The zero-order valence-corrected chi connectivity index (χ0v) is 10.5. The maximum atomic E-state index is 11.7. The van der Waals surface area contributed by atoms with E-state index in [2.05, 4.69) is 4.72 Å². The Morgan fingerprint density at radius 3 is 2.62 bits per heavy atom. The number of hydrogen-bond acceptors (Lipinski definition) is 3. The van der Waals surface area contributed by atoms with Gasteiger partial charge in [0.05, 0.1) is 11.5 Å². The molecule has 0 saturated heterocycles. The summed E-state index contributed by atoms with van der Waals surface area (Å²) in [4.78, 5) is 0.187. The van der Waals surface area contributed by atoms with Crippen LogP contribution in [0.4, 0.5) is 0 Å². The smallest absolute Gasteiger partial charge is 0.240 e. The van der Waals surface area contributed by atoms with Gasteiger partial charge >= 0.3 is 0 Å². The van der Waals surface area contributed by atoms with E-state index in [1.165, 1.54) is 12.1 Å². The number of halogens is 1. The molecule has 90 valence electrons. The highest BCUT2D eigenvalue weighted by atomic mass is 35.5. The number of hydrogen-bond donors (Lipinski definition) is 2. The second-order valence-corrected chi connectivity index (χ2v) is 5.48. The van der Waals surface area contributed by atoms with Gasteiger partial charge in [-0.3, -0.25) is 0 Å². The number of aliphatic hydroxyl groups is 1. The van der Waals surface area contributed by atoms with E-state index in [1.54, 1.807) is 13.0 Å². The van der Waals surface area contributed by atoms with Gasteiger partial charge in [0.25, 0.3) is 0 Å². The van der Waals surface area contributed by atoms with Crippen LogP contribution in [0.25, 0.3) is 0 Å². The van der Waals surface area contributed by atoms with Crippen LogP contribution < -0.4 is 4.72 Å². The number of sulfonamides is 1. The second kappa shape index (κ2) is 5.63. The van der Waals surface area contributed by atoms with Crippen molar-refractivity contribution in [2.24, 2.45) is 0 Å². The fraction of sp³-hybridized carbons (Fsp3) is 0.400. The molecular weight excluding hydrogens is 250 g/mol. The van der Waals surface area contributed by atoms with Crippen molar-refractivity contribution in [1.82, 2.24) is 4.72 Å². The third kappa shape index (κ3) is 3.18. The third-order valence-corrected chi connectivity index (χ3v) is 3.83. The molecule has 0 bridgehead atoms. The SMILES string of the molecule is Cc1cc(S(=O)(=O)NCCCl)ccc1CO. The van der Waals surface area contributed by atoms with Gasteiger partial charge in [-0.05, 0) is 30.2 Å². The Hall–Kier alpha value is -0.620. The van der Waals surface area contributed by atoms with Crippen LogP contribution in [0.2, 0.25) is 0 Å². The first-order chi connectivity index (χ1) is 7.51. The number of aliphatic hydroxyl groups excluding tert-OH is 1. The summed E-state index contributed by atoms with van der Waals surface area (Å²) in [5, 5.41) is 8.97. The molecule has 6 heteroatoms. The zero-order valence-electron chi connectivity index (χ0n) is 8.90. The maximum Gasteiger partial charge on any atom is 0.240 e. The molecule has 16 heavy (non-hydrogen) atoms. The monoisotopic (exact) mass is 263 g/mol. The number of benzene rings is 1. The summed E-state index contributed by atoms with van der Waals surface area (Å²) in [5.41, 5.74) is 1.47. The van der Waals surface area contributed by atoms with Crippen molar-refractivity contribution in [3.05, 3.63) is 29.3 Å². The van der Waals surface area contributed by atoms with E-state index in [4.69, 9.17) is 16.7 Å². The lowest BCUT2D eigenvalue weighted by Crippen LogP contribution is -2.25. The van der Waals surface area contributed by atoms with Crippen LogP contribution in [0.3, 0.4) is 0 Å². The number of rotatable bonds is 5. The molecule has 0 heterocycles. The van der Waals surface area contributed by atoms with Gasteiger partial charge in [0.1, 0.15) is 0 Å². The standard InChI is InChI=1S/C10H14ClNO3S/c1-8-6-10(3-2-9(8)7-13)16(14,15)12-5-4-11/h2-3,6,12-13H,4-5,7H2,1H3. The van der Waals surface area contributed by atoms with Gasteiger partial charge < -0.3 is 5.11 Å². The molecule has 1 aromatic carbocycles. The predicted molar refractivity (Wildman–Crippen MR) is 63.0 cm³/mol. The van der Waals surface area contributed by atoms with Crippen molar-refractivity contribution in [1.29, 1.82) is 0 Å². The third-order valence-electron chi connectivity index (χ3n) is 2.18. The summed E-state index contributed by atoms with van der Waals surface area (Å²) < 4.78 is 25.8. The number of alkyl halides is 1. The summed E-state index contributed by atoms with van der Waals surface area (Å²) in [6, 6.07) is 4.60. The fourth-order valence-electron chi connectivity index (χ4n) is 1.27. The van der Waals surface area contributed by atoms with E-state index < -0.39 is 10.0 Å². The average molecular weight is 264 g/mol. The Balaban J connectivity index is 3.01. The van der Waals surface area contributed by atoms with E-state index in [0.717, 1.165) is 11.1 Å². The molecule has 0 saturated carbocycles. The average Bonchev–Trinajstić information content (AvgIpc) is 2.26. The minimum Gasteiger partial charge on any atom is -0.392 e. The van der Waals surface area contributed by atoms with Crippen LogP contribution in [0.15, 0.2) is 23.1 Å². The van der Waals surface area contributed by atoms with Crippen molar-refractivity contribution in [2.45, 2.75) is 18.4 Å². The molecule has 0 aliphatic heterocycles. The van der Waals surface area contributed by atoms with Gasteiger partial charge in [-0.25, -0.2) is 13.1 Å². The molecule has 0 spiro atoms. The highest BCUT2D eigenvalue weighted by Crippen LogP contribution is 2.15. The summed E-state index contributed by atoms with van der Waals surface area (Å²) in [6.07, 6.45) is 0. The molecule has 0 unspecified atom stereocenters. The fourth-order valence-corrected chi connectivity index (χ4v) is 2.59. The van der Waals surface area contributed by atoms with Gasteiger partial charge in [-0.2, -0.15) is 0 Å². The van der Waals surface area contributed by atoms with Crippen molar-refractivity contribution in [2.75, 3.05) is 12.4 Å². The molecule has 2 N–H and O–H groups in total. The molecule has 0 aliphatic carbocycles. The van der Waals surface area contributed by atoms with Crippen molar-refractivity contribution >= 4 is 21.6 Å². The Bertz CT molecular complexity index is 459. The van der Waals surface area contributed by atoms with E-state index in [9.17, 15) is 8.42 Å². The first-order valence-electron chi connectivity index (χ1n) is 4.77. The van der Waals surface area contributed by atoms with Crippen LogP contribution in [0.1, 0.15) is 11.1 Å². The minimum absolute atomic E-state index is 0.0960. The molecule has 0 fully saturated rings. The first kappa shape index (κ1) is 13.4. The Morgan fingerprint density at radius 1 is 1.44 bits per heavy atom. The summed E-state index contributed by atoms with van der Waals surface area (Å²) >= 11 is 5.41. The molecule has 0 radical (unpaired) electrons. The first-order valence-corrected chi connectivity index (χ1v) is 6.79. The van der Waals surface area contributed by atoms with Crippen LogP contribution >= 0.6 is 11.6 Å². The molecule has 1 aromatic rings. The summed E-state index contributed by atoms with van der Waals surface area (Å²) in [5.74, 6) is 0.229. The van der Waals surface area contributed by atoms with Crippen molar-refractivity contribution < 1.29 is 13.5 Å². The van der Waals surface area contributed by atoms with Gasteiger partial charge in [0.15, 0.2) is 0 Å². The number of nitrogens with one attached hydrogen (secondary N) is 1. The quantitative estimate of drug-likeness (QED) is 0.779. The molecule has 0 amide bonds. The predicted octanol–water partition coefficient (Wildman–Crippen LogP) is 1.00. The molecule has 0 aromatic heterocycles. The van der Waals surface area contributed by atoms with Gasteiger partial charge in [-0.1, -0.05) is 6.07 Å². The van der Waals surface area contributed by atoms with Crippen LogP contribution in [-0.4, -0.2) is 25.9 Å². The molecule has 4 nitrogen and oxygen atoms in total. The van der Waals surface area contributed by atoms with Gasteiger partial charge in [0, 0.05) is 12.4 Å². The Morgan fingerprint density at radius 2 is 2.12 bits per heavy atom. The van der Waals surface area contributed by atoms with Crippen LogP contribution in [0.5, 0.6) is 0 Å². The lowest BCUT2D eigenvalue weighted by atomic mass is 10.1. The lowest BCUT2D eigenvalue weighted by molar-refractivity contribution is 0.281. The highest BCUT2D eigenvalue weighted by Gasteiger charge is 2.13. The van der Waals surface area contributed by atoms with Gasteiger partial charge in [-0.15, -0.1) is 11.6 Å². The van der Waals surface area contributed by atoms with E-state index >= 15 is 0 Å². The molecular formula is C10H14ClNO3S. The summed E-state index contributed by atoms with van der Waals surface area (Å²) in [7, 11) is -3.49. The van der Waals surface area contributed by atoms with E-state index in [-0.39, 0.29) is 23.9 Å². The molecule has 0 aliphatic rings. The van der Waals surface area contributed by atoms with Crippen LogP contribution in [-0.2, 0) is 16.6 Å². The Kier molecular flexibility index (Phi) is 4.73. The maximum absolute atomic E-state index is 11.7. The van der Waals surface area contributed by atoms with Gasteiger partial charge in [0.2, 0.25) is 10.0 Å². The highest BCUT2D eigenvalue weighted by molar-refractivity contribution is 7.89. The van der Waals surface area contributed by atoms with Crippen LogP contribution in [0, 0.1) is 6.92 Å². The number of aryl methyl sites for hydroxylation is 1. The molecule has 1 rings (SSSR count). The van der Waals surface area contributed by atoms with E-state index in [1.807, 2.05) is 0 Å². The normalized spacial score (nSPS) is 11.7. The zero-order chi connectivity index (χ0) is 12.2. The van der Waals surface area contributed by atoms with E-state index in [0.29, 0.717) is 0 Å². The lowest BCUT2D eigenvalue weighted by Gasteiger charge is -2.08. The summed E-state index contributed by atoms with van der Waals surface area (Å²) in [6.45, 7) is 1.86. The molecule has 0 atom stereocenters. The Labute approximate surface area is 100 Å². The van der Waals surface area contributed by atoms with Crippen molar-refractivity contribution in [3.8, 4) is 0 Å². The second-order valence-electron chi connectivity index (χ2n) is 3.33. The topological polar surface area (TPSA) is 66.4 Å². The minimum atomic E-state index is -3.49.